The lowest BCUT2D eigenvalue weighted by Crippen LogP contribution is -2.07. The molecule has 94 valence electrons. The lowest BCUT2D eigenvalue weighted by molar-refractivity contribution is 0.883. The Morgan fingerprint density at radius 1 is 1.22 bits per heavy atom. The van der Waals surface area contributed by atoms with Gasteiger partial charge in [0.1, 0.15) is 0 Å². The Kier molecular flexibility index (Phi) is 3.94. The third-order valence-corrected chi connectivity index (χ3v) is 3.13. The van der Waals surface area contributed by atoms with Gasteiger partial charge in [-0.2, -0.15) is 0 Å². The molecule has 1 aromatic heterocycles. The predicted octanol–water partition coefficient (Wildman–Crippen LogP) is 4.14. The van der Waals surface area contributed by atoms with Crippen molar-refractivity contribution in [3.05, 3.63) is 52.3 Å². The van der Waals surface area contributed by atoms with E-state index in [1.165, 1.54) is 0 Å². The summed E-state index contributed by atoms with van der Waals surface area (Å²) in [5.74, 6) is 0. The minimum absolute atomic E-state index is 0.0402. The summed E-state index contributed by atoms with van der Waals surface area (Å²) in [5, 5.41) is 4.55. The Labute approximate surface area is 116 Å². The second-order valence-electron chi connectivity index (χ2n) is 4.04. The van der Waals surface area contributed by atoms with Gasteiger partial charge in [-0.1, -0.05) is 29.3 Å². The Hall–Kier alpha value is -1.45. The number of hydrogen-bond donors (Lipinski definition) is 2. The minimum atomic E-state index is 0.0402. The first-order valence-electron chi connectivity index (χ1n) is 5.48. The molecule has 0 spiro atoms. The maximum atomic E-state index is 6.16. The van der Waals surface area contributed by atoms with Crippen molar-refractivity contribution >= 4 is 34.6 Å². The van der Waals surface area contributed by atoms with Gasteiger partial charge in [-0.3, -0.25) is 4.98 Å². The summed E-state index contributed by atoms with van der Waals surface area (Å²) in [6.07, 6.45) is 3.32. The highest BCUT2D eigenvalue weighted by molar-refractivity contribution is 6.35. The molecule has 0 saturated carbocycles. The number of halogens is 2. The van der Waals surface area contributed by atoms with Gasteiger partial charge in [0.2, 0.25) is 0 Å². The predicted molar refractivity (Wildman–Crippen MR) is 77.1 cm³/mol. The molecule has 0 aliphatic rings. The van der Waals surface area contributed by atoms with E-state index >= 15 is 0 Å². The molecule has 18 heavy (non-hydrogen) atoms. The van der Waals surface area contributed by atoms with Crippen molar-refractivity contribution in [3.8, 4) is 0 Å². The monoisotopic (exact) mass is 281 g/mol. The van der Waals surface area contributed by atoms with Crippen LogP contribution in [0, 0.1) is 0 Å². The van der Waals surface area contributed by atoms with E-state index in [9.17, 15) is 0 Å². The van der Waals surface area contributed by atoms with E-state index in [4.69, 9.17) is 28.9 Å². The smallest absolute Gasteiger partial charge is 0.0552 e. The molecule has 0 aliphatic heterocycles. The summed E-state index contributed by atoms with van der Waals surface area (Å²) < 4.78 is 0. The number of nitrogens with two attached hydrogens (primary N) is 1. The van der Waals surface area contributed by atoms with Crippen LogP contribution in [0.5, 0.6) is 0 Å². The average Bonchev–Trinajstić information content (AvgIpc) is 2.28. The molecule has 1 atom stereocenters. The van der Waals surface area contributed by atoms with Crippen LogP contribution in [0.3, 0.4) is 0 Å². The van der Waals surface area contributed by atoms with E-state index in [1.54, 1.807) is 18.5 Å². The van der Waals surface area contributed by atoms with Gasteiger partial charge in [0, 0.05) is 16.2 Å². The average molecular weight is 282 g/mol. The molecule has 0 bridgehead atoms. The molecule has 0 aliphatic carbocycles. The molecule has 0 fully saturated rings. The van der Waals surface area contributed by atoms with Gasteiger partial charge in [0.05, 0.1) is 23.6 Å². The number of rotatable bonds is 3. The third-order valence-electron chi connectivity index (χ3n) is 2.57. The Morgan fingerprint density at radius 2 is 2.00 bits per heavy atom. The summed E-state index contributed by atoms with van der Waals surface area (Å²) in [5.41, 5.74) is 8.13. The highest BCUT2D eigenvalue weighted by Gasteiger charge is 2.10. The Balaban J connectivity index is 2.19. The summed E-state index contributed by atoms with van der Waals surface area (Å²) in [4.78, 5) is 4.03. The van der Waals surface area contributed by atoms with Gasteiger partial charge in [-0.05, 0) is 30.7 Å². The number of nitrogen functional groups attached to an aromatic ring is 1. The number of anilines is 2. The van der Waals surface area contributed by atoms with E-state index in [2.05, 4.69) is 10.3 Å². The first-order chi connectivity index (χ1) is 8.56. The van der Waals surface area contributed by atoms with Crippen LogP contribution in [0.25, 0.3) is 0 Å². The van der Waals surface area contributed by atoms with Crippen molar-refractivity contribution in [3.63, 3.8) is 0 Å². The largest absolute Gasteiger partial charge is 0.397 e. The fourth-order valence-corrected chi connectivity index (χ4v) is 2.29. The van der Waals surface area contributed by atoms with Crippen LogP contribution < -0.4 is 11.1 Å². The highest BCUT2D eigenvalue weighted by atomic mass is 35.5. The zero-order valence-electron chi connectivity index (χ0n) is 9.82. The maximum Gasteiger partial charge on any atom is 0.0552 e. The molecule has 1 unspecified atom stereocenters. The Morgan fingerprint density at radius 3 is 2.67 bits per heavy atom. The number of benzene rings is 1. The number of nitrogens with zero attached hydrogens (tertiary/aromatic N) is 1. The first-order valence-corrected chi connectivity index (χ1v) is 6.24. The normalized spacial score (nSPS) is 12.2. The van der Waals surface area contributed by atoms with Crippen LogP contribution >= 0.6 is 23.2 Å². The van der Waals surface area contributed by atoms with Crippen molar-refractivity contribution in [2.45, 2.75) is 13.0 Å². The van der Waals surface area contributed by atoms with E-state index in [0.29, 0.717) is 15.7 Å². The number of pyridine rings is 1. The summed E-state index contributed by atoms with van der Waals surface area (Å²) >= 11 is 12.0. The molecule has 3 nitrogen and oxygen atoms in total. The second kappa shape index (κ2) is 5.46. The molecule has 3 N–H and O–H groups in total. The van der Waals surface area contributed by atoms with E-state index < -0.39 is 0 Å². The molecule has 0 radical (unpaired) electrons. The van der Waals surface area contributed by atoms with Crippen molar-refractivity contribution in [1.29, 1.82) is 0 Å². The van der Waals surface area contributed by atoms with Gasteiger partial charge in [-0.25, -0.2) is 0 Å². The highest BCUT2D eigenvalue weighted by Crippen LogP contribution is 2.28. The quantitative estimate of drug-likeness (QED) is 0.889. The van der Waals surface area contributed by atoms with E-state index in [1.807, 2.05) is 25.1 Å². The standard InChI is InChI=1S/C13H13Cl2N3/c1-8(12-3-2-9(14)4-13(12)15)18-11-5-10(16)6-17-7-11/h2-8,18H,16H2,1H3. The number of nitrogens with one attached hydrogen (secondary N) is 1. The Bertz CT molecular complexity index is 558. The van der Waals surface area contributed by atoms with Crippen LogP contribution in [-0.2, 0) is 0 Å². The molecule has 1 heterocycles. The van der Waals surface area contributed by atoms with Gasteiger partial charge >= 0.3 is 0 Å². The molecular formula is C13H13Cl2N3. The number of hydrogen-bond acceptors (Lipinski definition) is 3. The van der Waals surface area contributed by atoms with Crippen molar-refractivity contribution in [2.75, 3.05) is 11.1 Å². The fourth-order valence-electron chi connectivity index (χ4n) is 1.72. The van der Waals surface area contributed by atoms with E-state index in [-0.39, 0.29) is 6.04 Å². The van der Waals surface area contributed by atoms with Gasteiger partial charge in [0.25, 0.3) is 0 Å². The molecule has 2 rings (SSSR count). The van der Waals surface area contributed by atoms with E-state index in [0.717, 1.165) is 11.3 Å². The van der Waals surface area contributed by atoms with Crippen molar-refractivity contribution < 1.29 is 0 Å². The molecule has 5 heteroatoms. The van der Waals surface area contributed by atoms with Crippen LogP contribution in [-0.4, -0.2) is 4.98 Å². The minimum Gasteiger partial charge on any atom is -0.397 e. The molecule has 1 aromatic carbocycles. The van der Waals surface area contributed by atoms with Crippen LogP contribution in [0.15, 0.2) is 36.7 Å². The zero-order chi connectivity index (χ0) is 13.1. The van der Waals surface area contributed by atoms with Gasteiger partial charge in [-0.15, -0.1) is 0 Å². The van der Waals surface area contributed by atoms with Crippen LogP contribution in [0.1, 0.15) is 18.5 Å². The summed E-state index contributed by atoms with van der Waals surface area (Å²) in [6, 6.07) is 7.32. The van der Waals surface area contributed by atoms with Gasteiger partial charge in [0.15, 0.2) is 0 Å². The molecule has 0 saturated heterocycles. The van der Waals surface area contributed by atoms with Gasteiger partial charge < -0.3 is 11.1 Å². The summed E-state index contributed by atoms with van der Waals surface area (Å²) in [7, 11) is 0. The molecular weight excluding hydrogens is 269 g/mol. The molecule has 2 aromatic rings. The fraction of sp³-hybridized carbons (Fsp3) is 0.154. The first kappa shape index (κ1) is 13.0. The number of aromatic nitrogens is 1. The SMILES string of the molecule is CC(Nc1cncc(N)c1)c1ccc(Cl)cc1Cl. The third kappa shape index (κ3) is 3.06. The van der Waals surface area contributed by atoms with Crippen LogP contribution in [0.4, 0.5) is 11.4 Å². The topological polar surface area (TPSA) is 50.9 Å². The zero-order valence-corrected chi connectivity index (χ0v) is 11.3. The maximum absolute atomic E-state index is 6.16. The van der Waals surface area contributed by atoms with Crippen LogP contribution in [0.2, 0.25) is 10.0 Å². The molecule has 0 amide bonds. The lowest BCUT2D eigenvalue weighted by Gasteiger charge is -2.17. The summed E-state index contributed by atoms with van der Waals surface area (Å²) in [6.45, 7) is 2.01. The van der Waals surface area contributed by atoms with Crippen molar-refractivity contribution in [2.24, 2.45) is 0 Å². The lowest BCUT2D eigenvalue weighted by atomic mass is 10.1. The second-order valence-corrected chi connectivity index (χ2v) is 4.88. The van der Waals surface area contributed by atoms with Crippen molar-refractivity contribution in [1.82, 2.24) is 4.98 Å².